The Morgan fingerprint density at radius 2 is 2.21 bits per heavy atom. The van der Waals surface area contributed by atoms with Crippen molar-refractivity contribution < 1.29 is 4.74 Å². The van der Waals surface area contributed by atoms with Crippen molar-refractivity contribution in [1.82, 2.24) is 5.32 Å². The smallest absolute Gasteiger partial charge is 0.120 e. The summed E-state index contributed by atoms with van der Waals surface area (Å²) in [6.45, 7) is 5.10. The lowest BCUT2D eigenvalue weighted by atomic mass is 9.86. The van der Waals surface area contributed by atoms with Gasteiger partial charge in [0.1, 0.15) is 5.75 Å². The molecule has 106 valence electrons. The molecule has 0 radical (unpaired) electrons. The summed E-state index contributed by atoms with van der Waals surface area (Å²) < 4.78 is 6.70. The first-order valence-electron chi connectivity index (χ1n) is 7.26. The van der Waals surface area contributed by atoms with E-state index in [4.69, 9.17) is 4.74 Å². The van der Waals surface area contributed by atoms with Crippen molar-refractivity contribution in [2.24, 2.45) is 11.8 Å². The summed E-state index contributed by atoms with van der Waals surface area (Å²) in [5.74, 6) is 2.47. The Balaban J connectivity index is 2.23. The highest BCUT2D eigenvalue weighted by Gasteiger charge is 2.31. The van der Waals surface area contributed by atoms with Crippen molar-refractivity contribution in [2.45, 2.75) is 39.2 Å². The second kappa shape index (κ2) is 6.76. The van der Waals surface area contributed by atoms with Crippen LogP contribution >= 0.6 is 15.9 Å². The van der Waals surface area contributed by atoms with Gasteiger partial charge in [-0.2, -0.15) is 0 Å². The maximum absolute atomic E-state index is 5.55. The van der Waals surface area contributed by atoms with Crippen molar-refractivity contribution in [1.29, 1.82) is 0 Å². The predicted molar refractivity (Wildman–Crippen MR) is 83.6 cm³/mol. The third-order valence-corrected chi connectivity index (χ3v) is 4.97. The Bertz CT molecular complexity index is 421. The summed E-state index contributed by atoms with van der Waals surface area (Å²) in [5.41, 5.74) is 1.35. The van der Waals surface area contributed by atoms with Crippen LogP contribution < -0.4 is 10.1 Å². The number of nitrogens with one attached hydrogen (secondary N) is 1. The first-order valence-corrected chi connectivity index (χ1v) is 8.06. The topological polar surface area (TPSA) is 21.3 Å². The number of hydrogen-bond acceptors (Lipinski definition) is 2. The molecule has 19 heavy (non-hydrogen) atoms. The van der Waals surface area contributed by atoms with Crippen LogP contribution in [0.1, 0.15) is 44.7 Å². The van der Waals surface area contributed by atoms with Gasteiger partial charge in [0.25, 0.3) is 0 Å². The summed E-state index contributed by atoms with van der Waals surface area (Å²) in [4.78, 5) is 0. The molecule has 0 heterocycles. The van der Waals surface area contributed by atoms with E-state index in [0.717, 1.165) is 22.1 Å². The zero-order valence-corrected chi connectivity index (χ0v) is 13.7. The molecule has 1 aliphatic rings. The SMILES string of the molecule is CCOc1ccc(C(NC)C2CCCC2C)c(Br)c1. The first-order chi connectivity index (χ1) is 9.17. The van der Waals surface area contributed by atoms with Gasteiger partial charge in [-0.1, -0.05) is 41.8 Å². The monoisotopic (exact) mass is 325 g/mol. The summed E-state index contributed by atoms with van der Waals surface area (Å²) in [5, 5.41) is 3.51. The number of benzene rings is 1. The highest BCUT2D eigenvalue weighted by molar-refractivity contribution is 9.10. The van der Waals surface area contributed by atoms with Crippen molar-refractivity contribution >= 4 is 15.9 Å². The quantitative estimate of drug-likeness (QED) is 0.857. The van der Waals surface area contributed by atoms with Gasteiger partial charge in [0.15, 0.2) is 0 Å². The normalized spacial score (nSPS) is 24.4. The maximum Gasteiger partial charge on any atom is 0.120 e. The lowest BCUT2D eigenvalue weighted by Crippen LogP contribution is -2.27. The number of halogens is 1. The second-order valence-electron chi connectivity index (χ2n) is 5.45. The van der Waals surface area contributed by atoms with Gasteiger partial charge in [-0.25, -0.2) is 0 Å². The Morgan fingerprint density at radius 3 is 2.74 bits per heavy atom. The van der Waals surface area contributed by atoms with Gasteiger partial charge in [0, 0.05) is 10.5 Å². The van der Waals surface area contributed by atoms with Gasteiger partial charge in [0.2, 0.25) is 0 Å². The number of ether oxygens (including phenoxy) is 1. The minimum Gasteiger partial charge on any atom is -0.494 e. The number of hydrogen-bond donors (Lipinski definition) is 1. The van der Waals surface area contributed by atoms with Crippen molar-refractivity contribution in [3.63, 3.8) is 0 Å². The molecule has 1 saturated carbocycles. The van der Waals surface area contributed by atoms with Crippen LogP contribution in [0.5, 0.6) is 5.75 Å². The van der Waals surface area contributed by atoms with Crippen LogP contribution in [0, 0.1) is 11.8 Å². The minimum atomic E-state index is 0.433. The fraction of sp³-hybridized carbons (Fsp3) is 0.625. The van der Waals surface area contributed by atoms with E-state index in [1.807, 2.05) is 6.92 Å². The minimum absolute atomic E-state index is 0.433. The molecular formula is C16H24BrNO. The van der Waals surface area contributed by atoms with Gasteiger partial charge < -0.3 is 10.1 Å². The largest absolute Gasteiger partial charge is 0.494 e. The molecule has 2 rings (SSSR count). The third-order valence-electron chi connectivity index (χ3n) is 4.28. The van der Waals surface area contributed by atoms with E-state index < -0.39 is 0 Å². The molecule has 3 heteroatoms. The Morgan fingerprint density at radius 1 is 1.42 bits per heavy atom. The summed E-state index contributed by atoms with van der Waals surface area (Å²) in [7, 11) is 2.07. The molecule has 1 N–H and O–H groups in total. The fourth-order valence-electron chi connectivity index (χ4n) is 3.29. The van der Waals surface area contributed by atoms with Gasteiger partial charge in [0.05, 0.1) is 6.61 Å². The van der Waals surface area contributed by atoms with Crippen LogP contribution in [-0.2, 0) is 0 Å². The zero-order valence-electron chi connectivity index (χ0n) is 12.1. The molecule has 2 nitrogen and oxygen atoms in total. The maximum atomic E-state index is 5.55. The second-order valence-corrected chi connectivity index (χ2v) is 6.31. The van der Waals surface area contributed by atoms with Crippen LogP contribution in [0.4, 0.5) is 0 Å². The standard InChI is InChI=1S/C16H24BrNO/c1-4-19-12-8-9-14(15(17)10-12)16(18-3)13-7-5-6-11(13)2/h8-11,13,16,18H,4-7H2,1-3H3. The Kier molecular flexibility index (Phi) is 5.28. The molecule has 0 bridgehead atoms. The van der Waals surface area contributed by atoms with Gasteiger partial charge in [-0.3, -0.25) is 0 Å². The zero-order chi connectivity index (χ0) is 13.8. The summed E-state index contributed by atoms with van der Waals surface area (Å²) in [6.07, 6.45) is 4.04. The van der Waals surface area contributed by atoms with Gasteiger partial charge >= 0.3 is 0 Å². The van der Waals surface area contributed by atoms with Crippen molar-refractivity contribution in [3.8, 4) is 5.75 Å². The Labute approximate surface area is 125 Å². The van der Waals surface area contributed by atoms with Gasteiger partial charge in [-0.05, 0) is 49.9 Å². The molecule has 0 aliphatic heterocycles. The van der Waals surface area contributed by atoms with Crippen LogP contribution in [-0.4, -0.2) is 13.7 Å². The highest BCUT2D eigenvalue weighted by atomic mass is 79.9. The summed E-state index contributed by atoms with van der Waals surface area (Å²) >= 11 is 3.71. The summed E-state index contributed by atoms with van der Waals surface area (Å²) in [6, 6.07) is 6.79. The van der Waals surface area contributed by atoms with E-state index in [1.54, 1.807) is 0 Å². The average molecular weight is 326 g/mol. The molecule has 1 aromatic rings. The van der Waals surface area contributed by atoms with Crippen molar-refractivity contribution in [3.05, 3.63) is 28.2 Å². The van der Waals surface area contributed by atoms with Crippen LogP contribution in [0.3, 0.4) is 0 Å². The van der Waals surface area contributed by atoms with E-state index in [2.05, 4.69) is 53.4 Å². The molecule has 0 spiro atoms. The highest BCUT2D eigenvalue weighted by Crippen LogP contribution is 2.42. The van der Waals surface area contributed by atoms with E-state index in [0.29, 0.717) is 12.6 Å². The average Bonchev–Trinajstić information content (AvgIpc) is 2.80. The lowest BCUT2D eigenvalue weighted by molar-refractivity contribution is 0.313. The van der Waals surface area contributed by atoms with Crippen LogP contribution in [0.25, 0.3) is 0 Å². The molecule has 1 fully saturated rings. The predicted octanol–water partition coefficient (Wildman–Crippen LogP) is 4.54. The van der Waals surface area contributed by atoms with E-state index in [9.17, 15) is 0 Å². The molecule has 1 aliphatic carbocycles. The number of rotatable bonds is 5. The molecule has 0 aromatic heterocycles. The first kappa shape index (κ1) is 14.9. The lowest BCUT2D eigenvalue weighted by Gasteiger charge is -2.28. The third kappa shape index (κ3) is 3.32. The van der Waals surface area contributed by atoms with E-state index in [-0.39, 0.29) is 0 Å². The fourth-order valence-corrected chi connectivity index (χ4v) is 3.89. The van der Waals surface area contributed by atoms with Crippen LogP contribution in [0.2, 0.25) is 0 Å². The van der Waals surface area contributed by atoms with E-state index >= 15 is 0 Å². The van der Waals surface area contributed by atoms with Gasteiger partial charge in [-0.15, -0.1) is 0 Å². The molecule has 0 saturated heterocycles. The molecule has 3 unspecified atom stereocenters. The molecule has 3 atom stereocenters. The van der Waals surface area contributed by atoms with Crippen LogP contribution in [0.15, 0.2) is 22.7 Å². The van der Waals surface area contributed by atoms with Crippen molar-refractivity contribution in [2.75, 3.05) is 13.7 Å². The molecular weight excluding hydrogens is 302 g/mol. The van der Waals surface area contributed by atoms with E-state index in [1.165, 1.54) is 24.8 Å². The molecule has 1 aromatic carbocycles. The Hall–Kier alpha value is -0.540. The molecule has 0 amide bonds.